The van der Waals surface area contributed by atoms with Crippen LogP contribution in [0.3, 0.4) is 0 Å². The van der Waals surface area contributed by atoms with Crippen molar-refractivity contribution in [2.75, 3.05) is 6.54 Å². The minimum absolute atomic E-state index is 0.329. The zero-order valence-electron chi connectivity index (χ0n) is 8.04. The molecule has 0 aromatic heterocycles. The molecular formula is C11H17NO. The van der Waals surface area contributed by atoms with E-state index in [1.807, 2.05) is 0 Å². The number of hydrogen-bond donors (Lipinski definition) is 0. The summed E-state index contributed by atoms with van der Waals surface area (Å²) in [5.41, 5.74) is 0. The lowest BCUT2D eigenvalue weighted by Crippen LogP contribution is -2.43. The molecule has 3 aliphatic rings. The van der Waals surface area contributed by atoms with Crippen LogP contribution in [-0.4, -0.2) is 29.3 Å². The molecule has 13 heavy (non-hydrogen) atoms. The van der Waals surface area contributed by atoms with E-state index in [4.69, 9.17) is 0 Å². The number of carbonyl (C=O) groups excluding carboxylic acids is 1. The summed E-state index contributed by atoms with van der Waals surface area (Å²) in [5.74, 6) is 1.45. The van der Waals surface area contributed by atoms with Gasteiger partial charge in [-0.3, -0.25) is 9.69 Å². The third-order valence-corrected chi connectivity index (χ3v) is 4.12. The zero-order chi connectivity index (χ0) is 8.84. The van der Waals surface area contributed by atoms with Crippen molar-refractivity contribution in [1.29, 1.82) is 0 Å². The lowest BCUT2D eigenvalue weighted by atomic mass is 10.1. The minimum Gasteiger partial charge on any atom is -0.298 e. The van der Waals surface area contributed by atoms with Gasteiger partial charge in [0.2, 0.25) is 0 Å². The number of rotatable bonds is 1. The maximum Gasteiger partial charge on any atom is 0.149 e. The van der Waals surface area contributed by atoms with E-state index in [0.717, 1.165) is 31.2 Å². The molecule has 0 spiro atoms. The fourth-order valence-electron chi connectivity index (χ4n) is 3.49. The molecule has 2 heteroatoms. The van der Waals surface area contributed by atoms with E-state index in [1.165, 1.54) is 25.8 Å². The summed E-state index contributed by atoms with van der Waals surface area (Å²) in [6, 6.07) is 1.10. The van der Waals surface area contributed by atoms with Gasteiger partial charge in [-0.05, 0) is 38.0 Å². The molecule has 72 valence electrons. The van der Waals surface area contributed by atoms with Crippen LogP contribution in [0.5, 0.6) is 0 Å². The normalized spacial score (nSPS) is 44.9. The number of ketones is 1. The van der Waals surface area contributed by atoms with E-state index in [9.17, 15) is 4.79 Å². The lowest BCUT2D eigenvalue weighted by Gasteiger charge is -2.31. The van der Waals surface area contributed by atoms with Crippen LogP contribution in [0.1, 0.15) is 38.5 Å². The molecule has 0 aromatic rings. The van der Waals surface area contributed by atoms with Crippen LogP contribution >= 0.6 is 0 Å². The first-order valence-electron chi connectivity index (χ1n) is 5.63. The van der Waals surface area contributed by atoms with Gasteiger partial charge >= 0.3 is 0 Å². The highest BCUT2D eigenvalue weighted by molar-refractivity contribution is 5.86. The highest BCUT2D eigenvalue weighted by Crippen LogP contribution is 2.40. The molecule has 1 aliphatic heterocycles. The first-order chi connectivity index (χ1) is 6.34. The van der Waals surface area contributed by atoms with Crippen molar-refractivity contribution in [1.82, 2.24) is 4.90 Å². The highest BCUT2D eigenvalue weighted by atomic mass is 16.1. The van der Waals surface area contributed by atoms with Gasteiger partial charge in [-0.25, -0.2) is 0 Å². The van der Waals surface area contributed by atoms with Crippen LogP contribution < -0.4 is 0 Å². The van der Waals surface area contributed by atoms with Gasteiger partial charge in [0.05, 0.1) is 6.04 Å². The molecule has 0 amide bonds. The van der Waals surface area contributed by atoms with E-state index in [-0.39, 0.29) is 0 Å². The zero-order valence-corrected chi connectivity index (χ0v) is 8.04. The molecule has 2 aliphatic carbocycles. The molecule has 1 heterocycles. The summed E-state index contributed by atoms with van der Waals surface area (Å²) < 4.78 is 0. The largest absolute Gasteiger partial charge is 0.298 e. The molecule has 0 radical (unpaired) electrons. The Morgan fingerprint density at radius 3 is 2.69 bits per heavy atom. The van der Waals surface area contributed by atoms with Crippen molar-refractivity contribution in [3.63, 3.8) is 0 Å². The van der Waals surface area contributed by atoms with Crippen LogP contribution in [0, 0.1) is 5.92 Å². The van der Waals surface area contributed by atoms with E-state index >= 15 is 0 Å². The van der Waals surface area contributed by atoms with Crippen molar-refractivity contribution in [3.8, 4) is 0 Å². The average Bonchev–Trinajstić information content (AvgIpc) is 2.77. The second-order valence-corrected chi connectivity index (χ2v) is 4.90. The molecule has 2 saturated carbocycles. The average molecular weight is 179 g/mol. The summed E-state index contributed by atoms with van der Waals surface area (Å²) in [7, 11) is 0. The summed E-state index contributed by atoms with van der Waals surface area (Å²) in [5, 5.41) is 0. The third-order valence-electron chi connectivity index (χ3n) is 4.12. The first-order valence-corrected chi connectivity index (χ1v) is 5.63. The third kappa shape index (κ3) is 1.15. The second kappa shape index (κ2) is 2.81. The van der Waals surface area contributed by atoms with Gasteiger partial charge in [0.15, 0.2) is 0 Å². The summed E-state index contributed by atoms with van der Waals surface area (Å²) in [6.45, 7) is 1.22. The fourth-order valence-corrected chi connectivity index (χ4v) is 3.49. The molecule has 0 N–H and O–H groups in total. The van der Waals surface area contributed by atoms with Gasteiger partial charge in [-0.1, -0.05) is 0 Å². The van der Waals surface area contributed by atoms with E-state index in [0.29, 0.717) is 11.8 Å². The number of piperidine rings is 1. The summed E-state index contributed by atoms with van der Waals surface area (Å²) >= 11 is 0. The molecule has 3 fully saturated rings. The number of hydrogen-bond acceptors (Lipinski definition) is 2. The van der Waals surface area contributed by atoms with Crippen molar-refractivity contribution in [2.45, 2.75) is 50.6 Å². The number of carbonyl (C=O) groups is 1. The fraction of sp³-hybridized carbons (Fsp3) is 0.909. The van der Waals surface area contributed by atoms with Crippen LogP contribution in [0.25, 0.3) is 0 Å². The molecule has 3 unspecified atom stereocenters. The van der Waals surface area contributed by atoms with Gasteiger partial charge in [0, 0.05) is 19.0 Å². The Morgan fingerprint density at radius 1 is 1.23 bits per heavy atom. The topological polar surface area (TPSA) is 20.3 Å². The van der Waals surface area contributed by atoms with Crippen molar-refractivity contribution >= 4 is 5.78 Å². The number of fused-ring (bicyclic) bond motifs is 2. The molecule has 1 saturated heterocycles. The number of likely N-dealkylation sites (tertiary alicyclic amines) is 1. The summed E-state index contributed by atoms with van der Waals surface area (Å²) in [4.78, 5) is 14.1. The van der Waals surface area contributed by atoms with E-state index in [1.54, 1.807) is 0 Å². The SMILES string of the molecule is O=C1CCCC1N1CC2CCC1C2. The molecule has 0 aromatic carbocycles. The Bertz CT molecular complexity index is 238. The monoisotopic (exact) mass is 179 g/mol. The lowest BCUT2D eigenvalue weighted by molar-refractivity contribution is -0.122. The molecule has 2 nitrogen and oxygen atoms in total. The Hall–Kier alpha value is -0.370. The van der Waals surface area contributed by atoms with E-state index in [2.05, 4.69) is 4.90 Å². The predicted octanol–water partition coefficient (Wildman–Crippen LogP) is 1.59. The smallest absolute Gasteiger partial charge is 0.149 e. The van der Waals surface area contributed by atoms with Crippen molar-refractivity contribution < 1.29 is 4.79 Å². The van der Waals surface area contributed by atoms with Gasteiger partial charge in [-0.15, -0.1) is 0 Å². The van der Waals surface area contributed by atoms with Crippen LogP contribution in [-0.2, 0) is 4.79 Å². The van der Waals surface area contributed by atoms with E-state index < -0.39 is 0 Å². The number of nitrogens with zero attached hydrogens (tertiary/aromatic N) is 1. The van der Waals surface area contributed by atoms with Gasteiger partial charge in [0.1, 0.15) is 5.78 Å². The highest BCUT2D eigenvalue weighted by Gasteiger charge is 2.43. The summed E-state index contributed by atoms with van der Waals surface area (Å²) in [6.07, 6.45) is 7.28. The Morgan fingerprint density at radius 2 is 2.15 bits per heavy atom. The Labute approximate surface area is 79.3 Å². The van der Waals surface area contributed by atoms with Gasteiger partial charge in [-0.2, -0.15) is 0 Å². The quantitative estimate of drug-likeness (QED) is 0.609. The second-order valence-electron chi connectivity index (χ2n) is 4.90. The molecule has 3 rings (SSSR count). The number of Topliss-reactive ketones (excluding diaryl/α,β-unsaturated/α-hetero) is 1. The van der Waals surface area contributed by atoms with Gasteiger partial charge < -0.3 is 0 Å². The van der Waals surface area contributed by atoms with Crippen molar-refractivity contribution in [3.05, 3.63) is 0 Å². The first kappa shape index (κ1) is 7.98. The van der Waals surface area contributed by atoms with Crippen LogP contribution in [0.4, 0.5) is 0 Å². The minimum atomic E-state index is 0.329. The Kier molecular flexibility index (Phi) is 1.72. The Balaban J connectivity index is 1.75. The molecule has 3 atom stereocenters. The van der Waals surface area contributed by atoms with Crippen LogP contribution in [0.2, 0.25) is 0 Å². The molecule has 2 bridgehead atoms. The standard InChI is InChI=1S/C11H17NO/c13-11-3-1-2-10(11)12-7-8-4-5-9(12)6-8/h8-10H,1-7H2. The maximum absolute atomic E-state index is 11.6. The molecular weight excluding hydrogens is 162 g/mol. The predicted molar refractivity (Wildman–Crippen MR) is 50.5 cm³/mol. The van der Waals surface area contributed by atoms with Crippen molar-refractivity contribution in [2.24, 2.45) is 5.92 Å². The van der Waals surface area contributed by atoms with Crippen LogP contribution in [0.15, 0.2) is 0 Å². The maximum atomic E-state index is 11.6. The van der Waals surface area contributed by atoms with Gasteiger partial charge in [0.25, 0.3) is 0 Å².